The molecule has 7 nitrogen and oxygen atoms in total. The number of nitrogen functional groups attached to an aromatic ring is 1. The van der Waals surface area contributed by atoms with Crippen LogP contribution >= 0.6 is 0 Å². The molecular formula is C9H17LiN2O5S. The van der Waals surface area contributed by atoms with E-state index in [2.05, 4.69) is 5.32 Å². The van der Waals surface area contributed by atoms with Crippen LogP contribution in [0.2, 0.25) is 0 Å². The zero-order chi connectivity index (χ0) is 13.5. The number of nitrogens with one attached hydrogen (secondary N) is 1. The van der Waals surface area contributed by atoms with Crippen LogP contribution in [0.1, 0.15) is 5.56 Å². The van der Waals surface area contributed by atoms with Crippen LogP contribution in [0, 0.1) is 6.92 Å². The molecule has 0 atom stereocenters. The van der Waals surface area contributed by atoms with Crippen molar-refractivity contribution >= 4 is 40.6 Å². The van der Waals surface area contributed by atoms with E-state index in [0.717, 1.165) is 16.9 Å². The van der Waals surface area contributed by atoms with Crippen molar-refractivity contribution in [3.05, 3.63) is 23.8 Å². The summed E-state index contributed by atoms with van der Waals surface area (Å²) >= 11 is 0. The normalized spacial score (nSPS) is 9.78. The van der Waals surface area contributed by atoms with Gasteiger partial charge < -0.3 is 16.2 Å². The Bertz CT molecular complexity index is 444. The number of aliphatic hydroxyl groups excluding tert-OH is 1. The van der Waals surface area contributed by atoms with Crippen molar-refractivity contribution < 1.29 is 22.6 Å². The number of hydrogen-bond acceptors (Lipinski definition) is 5. The van der Waals surface area contributed by atoms with Crippen molar-refractivity contribution in [1.82, 2.24) is 0 Å². The molecule has 0 unspecified atom stereocenters. The van der Waals surface area contributed by atoms with E-state index in [9.17, 15) is 0 Å². The molecule has 1 rings (SSSR count). The van der Waals surface area contributed by atoms with E-state index in [0.29, 0.717) is 6.54 Å². The van der Waals surface area contributed by atoms with Gasteiger partial charge in [-0.1, -0.05) is 0 Å². The van der Waals surface area contributed by atoms with Crippen molar-refractivity contribution in [1.29, 1.82) is 0 Å². The van der Waals surface area contributed by atoms with Crippen LogP contribution in [0.15, 0.2) is 18.2 Å². The quantitative estimate of drug-likeness (QED) is 0.289. The Morgan fingerprint density at radius 3 is 2.22 bits per heavy atom. The van der Waals surface area contributed by atoms with Gasteiger partial charge in [0.05, 0.1) is 6.61 Å². The summed E-state index contributed by atoms with van der Waals surface area (Å²) < 4.78 is 31.6. The molecule has 18 heavy (non-hydrogen) atoms. The monoisotopic (exact) mass is 272 g/mol. The van der Waals surface area contributed by atoms with Crippen molar-refractivity contribution in [3.63, 3.8) is 0 Å². The molecule has 0 aliphatic heterocycles. The minimum absolute atomic E-state index is 0. The van der Waals surface area contributed by atoms with Crippen LogP contribution in [0.5, 0.6) is 0 Å². The molecule has 9 heteroatoms. The fraction of sp³-hybridized carbons (Fsp3) is 0.333. The van der Waals surface area contributed by atoms with Crippen molar-refractivity contribution in [2.75, 3.05) is 24.2 Å². The molecule has 0 bridgehead atoms. The predicted octanol–water partition coefficient (Wildman–Crippen LogP) is -0.320. The zero-order valence-electron chi connectivity index (χ0n) is 9.29. The van der Waals surface area contributed by atoms with Crippen LogP contribution in [0.4, 0.5) is 11.4 Å². The topological polar surface area (TPSA) is 133 Å². The van der Waals surface area contributed by atoms with Crippen LogP contribution in [0.25, 0.3) is 0 Å². The number of rotatable bonds is 3. The summed E-state index contributed by atoms with van der Waals surface area (Å²) in [4.78, 5) is 0. The Balaban J connectivity index is 0. The number of nitrogens with two attached hydrogens (primary N) is 1. The second-order valence-electron chi connectivity index (χ2n) is 3.17. The van der Waals surface area contributed by atoms with E-state index in [1.807, 2.05) is 25.1 Å². The van der Waals surface area contributed by atoms with Crippen molar-refractivity contribution in [2.24, 2.45) is 0 Å². The van der Waals surface area contributed by atoms with Crippen molar-refractivity contribution in [3.8, 4) is 0 Å². The Morgan fingerprint density at radius 2 is 1.83 bits per heavy atom. The average molecular weight is 272 g/mol. The van der Waals surface area contributed by atoms with Gasteiger partial charge in [-0.25, -0.2) is 0 Å². The molecular weight excluding hydrogens is 255 g/mol. The molecule has 0 heterocycles. The third-order valence-corrected chi connectivity index (χ3v) is 1.71. The van der Waals surface area contributed by atoms with Gasteiger partial charge in [0.15, 0.2) is 0 Å². The predicted molar refractivity (Wildman–Crippen MR) is 72.5 cm³/mol. The minimum atomic E-state index is -4.67. The number of aliphatic hydroxyl groups is 1. The summed E-state index contributed by atoms with van der Waals surface area (Å²) in [6.45, 7) is 2.67. The van der Waals surface area contributed by atoms with Crippen LogP contribution in [-0.4, -0.2) is 54.6 Å². The Kier molecular flexibility index (Phi) is 10.0. The van der Waals surface area contributed by atoms with E-state index in [1.54, 1.807) is 0 Å². The third-order valence-electron chi connectivity index (χ3n) is 1.71. The van der Waals surface area contributed by atoms with Gasteiger partial charge in [-0.15, -0.1) is 0 Å². The van der Waals surface area contributed by atoms with Gasteiger partial charge in [-0.3, -0.25) is 9.11 Å². The molecule has 6 N–H and O–H groups in total. The summed E-state index contributed by atoms with van der Waals surface area (Å²) in [5.41, 5.74) is 8.49. The van der Waals surface area contributed by atoms with Crippen LogP contribution < -0.4 is 11.1 Å². The molecule has 0 fully saturated rings. The van der Waals surface area contributed by atoms with Crippen molar-refractivity contribution in [2.45, 2.75) is 6.92 Å². The molecule has 100 valence electrons. The second kappa shape index (κ2) is 9.21. The molecule has 0 spiro atoms. The number of benzene rings is 1. The fourth-order valence-corrected chi connectivity index (χ4v) is 0.986. The Morgan fingerprint density at radius 1 is 1.33 bits per heavy atom. The molecule has 1 aromatic carbocycles. The summed E-state index contributed by atoms with van der Waals surface area (Å²) in [6.07, 6.45) is 0. The molecule has 0 radical (unpaired) electrons. The Hall–Kier alpha value is -0.753. The summed E-state index contributed by atoms with van der Waals surface area (Å²) in [5.74, 6) is 0. The summed E-state index contributed by atoms with van der Waals surface area (Å²) in [7, 11) is -4.67. The maximum atomic E-state index is 8.74. The van der Waals surface area contributed by atoms with Gasteiger partial charge in [0.2, 0.25) is 0 Å². The molecule has 0 saturated heterocycles. The average Bonchev–Trinajstić information content (AvgIpc) is 2.17. The van der Waals surface area contributed by atoms with Gasteiger partial charge in [0, 0.05) is 17.9 Å². The molecule has 0 aliphatic rings. The van der Waals surface area contributed by atoms with Gasteiger partial charge in [0.1, 0.15) is 0 Å². The number of hydrogen-bond donors (Lipinski definition) is 5. The standard InChI is InChI=1S/C9H14N2O.Li.H2O4S.H/c1-7-6-8(11-4-5-12)2-3-9(7)10;;1-5(2,3)4;/h2-3,6,11-12H,4-5,10H2,1H3;;(H2,1,2,3,4);. The maximum absolute atomic E-state index is 8.74. The first-order valence-corrected chi connectivity index (χ1v) is 6.04. The van der Waals surface area contributed by atoms with E-state index in [-0.39, 0.29) is 25.5 Å². The second-order valence-corrected chi connectivity index (χ2v) is 4.07. The van der Waals surface area contributed by atoms with Crippen LogP contribution in [-0.2, 0) is 10.4 Å². The molecule has 1 aromatic rings. The first-order valence-electron chi connectivity index (χ1n) is 4.64. The molecule has 0 saturated carbocycles. The number of anilines is 2. The summed E-state index contributed by atoms with van der Waals surface area (Å²) in [5, 5.41) is 11.6. The first kappa shape index (κ1) is 19.6. The Labute approximate surface area is 118 Å². The molecule has 0 aromatic heterocycles. The first-order chi connectivity index (χ1) is 7.74. The fourth-order valence-electron chi connectivity index (χ4n) is 0.986. The van der Waals surface area contributed by atoms with E-state index < -0.39 is 10.4 Å². The van der Waals surface area contributed by atoms with Gasteiger partial charge in [-0.05, 0) is 30.7 Å². The molecule has 0 amide bonds. The SMILES string of the molecule is Cc1cc(NCCO)ccc1N.O=S(=O)(O)O.[LiH]. The zero-order valence-corrected chi connectivity index (χ0v) is 10.1. The van der Waals surface area contributed by atoms with Gasteiger partial charge in [0.25, 0.3) is 0 Å². The van der Waals surface area contributed by atoms with E-state index in [4.69, 9.17) is 28.4 Å². The molecule has 0 aliphatic carbocycles. The third kappa shape index (κ3) is 11.7. The number of aryl methyl sites for hydroxylation is 1. The van der Waals surface area contributed by atoms with E-state index in [1.165, 1.54) is 0 Å². The van der Waals surface area contributed by atoms with Gasteiger partial charge in [-0.2, -0.15) is 8.42 Å². The van der Waals surface area contributed by atoms with Crippen LogP contribution in [0.3, 0.4) is 0 Å². The summed E-state index contributed by atoms with van der Waals surface area (Å²) in [6, 6.07) is 5.72. The van der Waals surface area contributed by atoms with Gasteiger partial charge >= 0.3 is 29.3 Å². The van der Waals surface area contributed by atoms with E-state index >= 15 is 0 Å².